The normalized spacial score (nSPS) is 20.1. The molecule has 1 heterocycles. The van der Waals surface area contributed by atoms with Crippen LogP contribution >= 0.6 is 0 Å². The van der Waals surface area contributed by atoms with Crippen LogP contribution in [-0.2, 0) is 10.2 Å². The van der Waals surface area contributed by atoms with Crippen molar-refractivity contribution in [1.29, 1.82) is 0 Å². The molecule has 5 nitrogen and oxygen atoms in total. The highest BCUT2D eigenvalue weighted by Gasteiger charge is 2.29. The standard InChI is InChI=1S/C23H28N2O3/c1-14-18(6-5-7-20(14)26)16-12-19(22(28)24-13-16)25-21(27)15-8-10-17(11-9-15)23(2,3)4/h8-14,18H,5-7H2,1-4H3,(H,24,28)(H,25,27). The summed E-state index contributed by atoms with van der Waals surface area (Å²) >= 11 is 0. The number of benzene rings is 1. The van der Waals surface area contributed by atoms with Crippen molar-refractivity contribution in [3.63, 3.8) is 0 Å². The number of Topliss-reactive ketones (excluding diaryl/α,β-unsaturated/α-hetero) is 1. The maximum absolute atomic E-state index is 12.6. The van der Waals surface area contributed by atoms with Gasteiger partial charge in [-0.2, -0.15) is 0 Å². The summed E-state index contributed by atoms with van der Waals surface area (Å²) in [5, 5.41) is 2.72. The minimum Gasteiger partial charge on any atom is -0.327 e. The van der Waals surface area contributed by atoms with Crippen LogP contribution < -0.4 is 10.9 Å². The number of carbonyl (C=O) groups excluding carboxylic acids is 2. The topological polar surface area (TPSA) is 79.0 Å². The summed E-state index contributed by atoms with van der Waals surface area (Å²) < 4.78 is 0. The summed E-state index contributed by atoms with van der Waals surface area (Å²) in [6, 6.07) is 9.13. The number of hydrogen-bond acceptors (Lipinski definition) is 3. The van der Waals surface area contributed by atoms with Gasteiger partial charge in [0.2, 0.25) is 0 Å². The van der Waals surface area contributed by atoms with Gasteiger partial charge >= 0.3 is 0 Å². The minimum atomic E-state index is -0.349. The van der Waals surface area contributed by atoms with E-state index in [2.05, 4.69) is 31.1 Å². The molecular formula is C23H28N2O3. The fourth-order valence-corrected chi connectivity index (χ4v) is 3.78. The molecule has 0 radical (unpaired) electrons. The Morgan fingerprint density at radius 2 is 1.82 bits per heavy atom. The fourth-order valence-electron chi connectivity index (χ4n) is 3.78. The van der Waals surface area contributed by atoms with Crippen molar-refractivity contribution >= 4 is 17.4 Å². The van der Waals surface area contributed by atoms with E-state index >= 15 is 0 Å². The fraction of sp³-hybridized carbons (Fsp3) is 0.435. The lowest BCUT2D eigenvalue weighted by molar-refractivity contribution is -0.124. The number of aromatic amines is 1. The van der Waals surface area contributed by atoms with Crippen LogP contribution in [0.5, 0.6) is 0 Å². The third-order valence-electron chi connectivity index (χ3n) is 5.66. The summed E-state index contributed by atoms with van der Waals surface area (Å²) in [5.74, 6) is -0.0733. The molecule has 0 bridgehead atoms. The summed E-state index contributed by atoms with van der Waals surface area (Å²) in [6.07, 6.45) is 4.04. The SMILES string of the molecule is CC1C(=O)CCCC1c1c[nH]c(=O)c(NC(=O)c2ccc(C(C)(C)C)cc2)c1. The van der Waals surface area contributed by atoms with E-state index in [1.54, 1.807) is 24.4 Å². The zero-order valence-corrected chi connectivity index (χ0v) is 17.0. The molecule has 1 saturated carbocycles. The second kappa shape index (κ2) is 7.74. The number of nitrogens with one attached hydrogen (secondary N) is 2. The zero-order chi connectivity index (χ0) is 20.5. The van der Waals surface area contributed by atoms with Crippen molar-refractivity contribution in [2.75, 3.05) is 5.32 Å². The third kappa shape index (κ3) is 4.24. The molecule has 2 unspecified atom stereocenters. The van der Waals surface area contributed by atoms with Gasteiger partial charge in [-0.15, -0.1) is 0 Å². The molecule has 1 amide bonds. The Labute approximate surface area is 165 Å². The number of H-pyrrole nitrogens is 1. The predicted molar refractivity (Wildman–Crippen MR) is 111 cm³/mol. The van der Waals surface area contributed by atoms with Gasteiger partial charge in [0, 0.05) is 24.1 Å². The van der Waals surface area contributed by atoms with Crippen LogP contribution in [0.1, 0.15) is 74.4 Å². The van der Waals surface area contributed by atoms with Crippen LogP contribution in [0, 0.1) is 5.92 Å². The van der Waals surface area contributed by atoms with Gasteiger partial charge in [0.05, 0.1) is 0 Å². The number of carbonyl (C=O) groups is 2. The van der Waals surface area contributed by atoms with E-state index in [1.165, 1.54) is 0 Å². The Balaban J connectivity index is 1.81. The number of anilines is 1. The first-order valence-corrected chi connectivity index (χ1v) is 9.84. The molecule has 1 aliphatic rings. The molecule has 1 aromatic heterocycles. The molecule has 2 atom stereocenters. The summed E-state index contributed by atoms with van der Waals surface area (Å²) in [5.41, 5.74) is 2.40. The highest BCUT2D eigenvalue weighted by molar-refractivity contribution is 6.04. The Morgan fingerprint density at radius 1 is 1.14 bits per heavy atom. The van der Waals surface area contributed by atoms with E-state index in [-0.39, 0.29) is 40.2 Å². The average Bonchev–Trinajstić information content (AvgIpc) is 2.65. The quantitative estimate of drug-likeness (QED) is 0.828. The molecule has 1 aromatic carbocycles. The maximum Gasteiger partial charge on any atom is 0.271 e. The Morgan fingerprint density at radius 3 is 2.46 bits per heavy atom. The van der Waals surface area contributed by atoms with Gasteiger partial charge in [0.25, 0.3) is 11.5 Å². The van der Waals surface area contributed by atoms with Crippen LogP contribution in [-0.4, -0.2) is 16.7 Å². The number of ketones is 1. The molecule has 5 heteroatoms. The van der Waals surface area contributed by atoms with Crippen LogP contribution in [0.3, 0.4) is 0 Å². The van der Waals surface area contributed by atoms with Crippen molar-refractivity contribution in [3.8, 4) is 0 Å². The lowest BCUT2D eigenvalue weighted by atomic mass is 9.76. The lowest BCUT2D eigenvalue weighted by Crippen LogP contribution is -2.26. The minimum absolute atomic E-state index is 0.00854. The van der Waals surface area contributed by atoms with Crippen molar-refractivity contribution in [1.82, 2.24) is 4.98 Å². The first-order chi connectivity index (χ1) is 13.2. The van der Waals surface area contributed by atoms with E-state index in [9.17, 15) is 14.4 Å². The van der Waals surface area contributed by atoms with Gasteiger partial charge in [-0.25, -0.2) is 0 Å². The van der Waals surface area contributed by atoms with E-state index in [0.29, 0.717) is 12.0 Å². The molecular weight excluding hydrogens is 352 g/mol. The van der Waals surface area contributed by atoms with Crippen molar-refractivity contribution in [2.24, 2.45) is 5.92 Å². The van der Waals surface area contributed by atoms with Crippen LogP contribution in [0.25, 0.3) is 0 Å². The third-order valence-corrected chi connectivity index (χ3v) is 5.66. The smallest absolute Gasteiger partial charge is 0.271 e. The molecule has 0 spiro atoms. The number of rotatable bonds is 3. The maximum atomic E-state index is 12.6. The van der Waals surface area contributed by atoms with Gasteiger partial charge in [-0.1, -0.05) is 39.8 Å². The first-order valence-electron chi connectivity index (χ1n) is 9.84. The summed E-state index contributed by atoms with van der Waals surface area (Å²) in [4.78, 5) is 39.6. The van der Waals surface area contributed by atoms with Gasteiger partial charge < -0.3 is 10.3 Å². The zero-order valence-electron chi connectivity index (χ0n) is 17.0. The van der Waals surface area contributed by atoms with Gasteiger partial charge in [0.15, 0.2) is 0 Å². The molecule has 148 valence electrons. The van der Waals surface area contributed by atoms with Gasteiger partial charge in [-0.3, -0.25) is 14.4 Å². The Kier molecular flexibility index (Phi) is 5.54. The number of hydrogen-bond donors (Lipinski definition) is 2. The van der Waals surface area contributed by atoms with Gasteiger partial charge in [0.1, 0.15) is 11.5 Å². The van der Waals surface area contributed by atoms with Crippen molar-refractivity contribution in [3.05, 3.63) is 63.6 Å². The highest BCUT2D eigenvalue weighted by atomic mass is 16.2. The largest absolute Gasteiger partial charge is 0.327 e. The Bertz CT molecular complexity index is 936. The van der Waals surface area contributed by atoms with Crippen molar-refractivity contribution < 1.29 is 9.59 Å². The molecule has 2 N–H and O–H groups in total. The lowest BCUT2D eigenvalue weighted by Gasteiger charge is -2.28. The van der Waals surface area contributed by atoms with E-state index in [4.69, 9.17) is 0 Å². The second-order valence-corrected chi connectivity index (χ2v) is 8.71. The summed E-state index contributed by atoms with van der Waals surface area (Å²) in [7, 11) is 0. The van der Waals surface area contributed by atoms with E-state index in [0.717, 1.165) is 24.0 Å². The highest BCUT2D eigenvalue weighted by Crippen LogP contribution is 2.35. The van der Waals surface area contributed by atoms with Crippen molar-refractivity contribution in [2.45, 2.75) is 58.3 Å². The molecule has 3 rings (SSSR count). The average molecular weight is 380 g/mol. The molecule has 0 aliphatic heterocycles. The second-order valence-electron chi connectivity index (χ2n) is 8.71. The van der Waals surface area contributed by atoms with Gasteiger partial charge in [-0.05, 0) is 53.5 Å². The first kappa shape index (κ1) is 20.1. The predicted octanol–water partition coefficient (Wildman–Crippen LogP) is 4.40. The van der Waals surface area contributed by atoms with Crippen LogP contribution in [0.2, 0.25) is 0 Å². The Hall–Kier alpha value is -2.69. The monoisotopic (exact) mass is 380 g/mol. The number of amides is 1. The molecule has 1 aliphatic carbocycles. The van der Waals surface area contributed by atoms with Crippen LogP contribution in [0.15, 0.2) is 41.3 Å². The van der Waals surface area contributed by atoms with E-state index in [1.807, 2.05) is 19.1 Å². The summed E-state index contributed by atoms with van der Waals surface area (Å²) in [6.45, 7) is 8.28. The van der Waals surface area contributed by atoms with E-state index < -0.39 is 0 Å². The molecule has 0 saturated heterocycles. The molecule has 28 heavy (non-hydrogen) atoms. The van der Waals surface area contributed by atoms with Crippen LogP contribution in [0.4, 0.5) is 5.69 Å². The number of pyridine rings is 1. The molecule has 1 fully saturated rings. The molecule has 2 aromatic rings. The number of aromatic nitrogens is 1.